The maximum atomic E-state index is 11.7. The van der Waals surface area contributed by atoms with Gasteiger partial charge in [0.1, 0.15) is 5.60 Å². The fourth-order valence-electron chi connectivity index (χ4n) is 2.45. The van der Waals surface area contributed by atoms with Gasteiger partial charge in [0.15, 0.2) is 0 Å². The van der Waals surface area contributed by atoms with Gasteiger partial charge in [-0.3, -0.25) is 0 Å². The minimum atomic E-state index is -0.442. The van der Waals surface area contributed by atoms with Gasteiger partial charge < -0.3 is 15.0 Å². The van der Waals surface area contributed by atoms with E-state index in [0.717, 1.165) is 24.0 Å². The maximum Gasteiger partial charge on any atom is 0.407 e. The van der Waals surface area contributed by atoms with Gasteiger partial charge in [0.25, 0.3) is 0 Å². The van der Waals surface area contributed by atoms with Gasteiger partial charge in [0.05, 0.1) is 0 Å². The van der Waals surface area contributed by atoms with Crippen molar-refractivity contribution < 1.29 is 9.53 Å². The number of anilines is 1. The summed E-state index contributed by atoms with van der Waals surface area (Å²) < 4.78 is 6.35. The Hall–Kier alpha value is -1.23. The first-order chi connectivity index (χ1) is 9.83. The number of carbonyl (C=O) groups excluding carboxylic acids is 1. The molecule has 1 heterocycles. The van der Waals surface area contributed by atoms with Crippen molar-refractivity contribution in [2.24, 2.45) is 5.92 Å². The van der Waals surface area contributed by atoms with Crippen molar-refractivity contribution in [3.05, 3.63) is 28.7 Å². The Morgan fingerprint density at radius 1 is 1.48 bits per heavy atom. The second kappa shape index (κ2) is 6.69. The minimum absolute atomic E-state index is 0.330. The lowest BCUT2D eigenvalue weighted by molar-refractivity contribution is 0.0520. The van der Waals surface area contributed by atoms with Crippen LogP contribution in [-0.4, -0.2) is 31.3 Å². The summed E-state index contributed by atoms with van der Waals surface area (Å²) in [5.74, 6) is 0.469. The van der Waals surface area contributed by atoms with Gasteiger partial charge in [-0.2, -0.15) is 0 Å². The van der Waals surface area contributed by atoms with Crippen LogP contribution in [-0.2, 0) is 4.74 Å². The Bertz CT molecular complexity index is 499. The molecule has 4 nitrogen and oxygen atoms in total. The standard InChI is InChI=1S/C16H23BrN2O2/c1-16(2,3)21-15(20)18-10-12-7-8-19(11-12)14-6-4-5-13(17)9-14/h4-6,9,12H,7-8,10-11H2,1-3H3,(H,18,20). The first-order valence-corrected chi connectivity index (χ1v) is 8.10. The summed E-state index contributed by atoms with van der Waals surface area (Å²) in [7, 11) is 0. The molecule has 0 saturated carbocycles. The first kappa shape index (κ1) is 16.1. The summed E-state index contributed by atoms with van der Waals surface area (Å²) in [6.45, 7) is 8.27. The number of carbonyl (C=O) groups is 1. The third-order valence-corrected chi connectivity index (χ3v) is 3.89. The molecule has 0 bridgehead atoms. The molecule has 0 aromatic heterocycles. The van der Waals surface area contributed by atoms with Crippen LogP contribution in [0.25, 0.3) is 0 Å². The number of nitrogens with zero attached hydrogens (tertiary/aromatic N) is 1. The normalized spacial score (nSPS) is 18.7. The molecule has 0 spiro atoms. The fourth-order valence-corrected chi connectivity index (χ4v) is 2.84. The maximum absolute atomic E-state index is 11.7. The highest BCUT2D eigenvalue weighted by molar-refractivity contribution is 9.10. The van der Waals surface area contributed by atoms with E-state index in [9.17, 15) is 4.79 Å². The number of halogens is 1. The summed E-state index contributed by atoms with van der Waals surface area (Å²) in [5.41, 5.74) is 0.784. The quantitative estimate of drug-likeness (QED) is 0.897. The molecule has 1 aromatic carbocycles. The number of hydrogen-bond acceptors (Lipinski definition) is 3. The first-order valence-electron chi connectivity index (χ1n) is 7.31. The van der Waals surface area contributed by atoms with Crippen molar-refractivity contribution in [2.45, 2.75) is 32.8 Å². The minimum Gasteiger partial charge on any atom is -0.444 e. The van der Waals surface area contributed by atoms with E-state index in [1.165, 1.54) is 5.69 Å². The molecule has 1 aromatic rings. The Labute approximate surface area is 135 Å². The summed E-state index contributed by atoms with van der Waals surface area (Å²) >= 11 is 3.50. The Kier molecular flexibility index (Phi) is 5.14. The van der Waals surface area contributed by atoms with Gasteiger partial charge in [-0.25, -0.2) is 4.79 Å². The van der Waals surface area contributed by atoms with Crippen molar-refractivity contribution in [3.8, 4) is 0 Å². The lowest BCUT2D eigenvalue weighted by atomic mass is 10.1. The molecule has 1 atom stereocenters. The number of amides is 1. The topological polar surface area (TPSA) is 41.6 Å². The lowest BCUT2D eigenvalue weighted by Gasteiger charge is -2.21. The van der Waals surface area contributed by atoms with Crippen LogP contribution in [0.5, 0.6) is 0 Å². The van der Waals surface area contributed by atoms with E-state index < -0.39 is 5.60 Å². The lowest BCUT2D eigenvalue weighted by Crippen LogP contribution is -2.36. The molecule has 1 fully saturated rings. The second-order valence-electron chi connectivity index (χ2n) is 6.46. The molecular formula is C16H23BrN2O2. The zero-order valence-corrected chi connectivity index (χ0v) is 14.4. The SMILES string of the molecule is CC(C)(C)OC(=O)NCC1CCN(c2cccc(Br)c2)C1. The van der Waals surface area contributed by atoms with E-state index >= 15 is 0 Å². The molecule has 21 heavy (non-hydrogen) atoms. The van der Waals surface area contributed by atoms with Crippen molar-refractivity contribution in [3.63, 3.8) is 0 Å². The average Bonchev–Trinajstić information content (AvgIpc) is 2.83. The van der Waals surface area contributed by atoms with Crippen LogP contribution in [0.3, 0.4) is 0 Å². The Morgan fingerprint density at radius 2 is 2.24 bits per heavy atom. The summed E-state index contributed by atoms with van der Waals surface area (Å²) in [5, 5.41) is 2.87. The number of benzene rings is 1. The molecule has 1 aliphatic rings. The number of nitrogens with one attached hydrogen (secondary N) is 1. The van der Waals surface area contributed by atoms with Gasteiger partial charge in [-0.15, -0.1) is 0 Å². The van der Waals surface area contributed by atoms with E-state index in [1.807, 2.05) is 32.9 Å². The van der Waals surface area contributed by atoms with Gasteiger partial charge in [-0.1, -0.05) is 22.0 Å². The Balaban J connectivity index is 1.79. The van der Waals surface area contributed by atoms with Crippen LogP contribution < -0.4 is 10.2 Å². The third-order valence-electron chi connectivity index (χ3n) is 3.39. The molecule has 1 saturated heterocycles. The molecule has 1 aliphatic heterocycles. The smallest absolute Gasteiger partial charge is 0.407 e. The number of ether oxygens (including phenoxy) is 1. The third kappa shape index (κ3) is 5.23. The van der Waals surface area contributed by atoms with Gasteiger partial charge in [0, 0.05) is 29.8 Å². The molecule has 1 unspecified atom stereocenters. The van der Waals surface area contributed by atoms with E-state index in [-0.39, 0.29) is 6.09 Å². The van der Waals surface area contributed by atoms with Gasteiger partial charge in [-0.05, 0) is 51.3 Å². The number of alkyl carbamates (subject to hydrolysis) is 1. The summed E-state index contributed by atoms with van der Waals surface area (Å²) in [6, 6.07) is 8.32. The van der Waals surface area contributed by atoms with Crippen LogP contribution in [0.15, 0.2) is 28.7 Å². The largest absolute Gasteiger partial charge is 0.444 e. The zero-order chi connectivity index (χ0) is 15.5. The van der Waals surface area contributed by atoms with E-state index in [2.05, 4.69) is 38.3 Å². The molecule has 116 valence electrons. The molecule has 1 amide bonds. The van der Waals surface area contributed by atoms with Crippen LogP contribution in [0.4, 0.5) is 10.5 Å². The highest BCUT2D eigenvalue weighted by atomic mass is 79.9. The molecule has 5 heteroatoms. The van der Waals surface area contributed by atoms with Crippen LogP contribution in [0, 0.1) is 5.92 Å². The molecular weight excluding hydrogens is 332 g/mol. The Morgan fingerprint density at radius 3 is 2.90 bits per heavy atom. The molecule has 1 N–H and O–H groups in total. The molecule has 0 aliphatic carbocycles. The second-order valence-corrected chi connectivity index (χ2v) is 7.38. The van der Waals surface area contributed by atoms with Crippen molar-refractivity contribution in [1.29, 1.82) is 0 Å². The van der Waals surface area contributed by atoms with Crippen LogP contribution in [0.2, 0.25) is 0 Å². The zero-order valence-electron chi connectivity index (χ0n) is 12.9. The van der Waals surface area contributed by atoms with Crippen molar-refractivity contribution in [2.75, 3.05) is 24.5 Å². The predicted octanol–water partition coefficient (Wildman–Crippen LogP) is 3.80. The molecule has 0 radical (unpaired) electrons. The highest BCUT2D eigenvalue weighted by Gasteiger charge is 2.24. The van der Waals surface area contributed by atoms with E-state index in [4.69, 9.17) is 4.74 Å². The summed E-state index contributed by atoms with van der Waals surface area (Å²) in [4.78, 5) is 14.0. The summed E-state index contributed by atoms with van der Waals surface area (Å²) in [6.07, 6.45) is 0.755. The molecule has 2 rings (SSSR count). The van der Waals surface area contributed by atoms with Crippen molar-refractivity contribution >= 4 is 27.7 Å². The monoisotopic (exact) mass is 354 g/mol. The van der Waals surface area contributed by atoms with Gasteiger partial charge >= 0.3 is 6.09 Å². The van der Waals surface area contributed by atoms with E-state index in [1.54, 1.807) is 0 Å². The van der Waals surface area contributed by atoms with E-state index in [0.29, 0.717) is 12.5 Å². The predicted molar refractivity (Wildman–Crippen MR) is 88.7 cm³/mol. The fraction of sp³-hybridized carbons (Fsp3) is 0.562. The van der Waals surface area contributed by atoms with Crippen LogP contribution in [0.1, 0.15) is 27.2 Å². The number of hydrogen-bond donors (Lipinski definition) is 1. The highest BCUT2D eigenvalue weighted by Crippen LogP contribution is 2.25. The number of rotatable bonds is 3. The van der Waals surface area contributed by atoms with Gasteiger partial charge in [0.2, 0.25) is 0 Å². The van der Waals surface area contributed by atoms with Crippen LogP contribution >= 0.6 is 15.9 Å². The van der Waals surface area contributed by atoms with Crippen molar-refractivity contribution in [1.82, 2.24) is 5.32 Å². The average molecular weight is 355 g/mol.